The van der Waals surface area contributed by atoms with Crippen LogP contribution >= 0.6 is 27.3 Å². The monoisotopic (exact) mass is 397 g/mol. The molecule has 0 aliphatic heterocycles. The van der Waals surface area contributed by atoms with Gasteiger partial charge < -0.3 is 5.11 Å². The average molecular weight is 398 g/mol. The molecule has 0 aliphatic rings. The van der Waals surface area contributed by atoms with Crippen LogP contribution in [0.4, 0.5) is 8.78 Å². The van der Waals surface area contributed by atoms with Gasteiger partial charge in [-0.2, -0.15) is 0 Å². The quantitative estimate of drug-likeness (QED) is 0.814. The van der Waals surface area contributed by atoms with Gasteiger partial charge in [0.1, 0.15) is 16.5 Å². The third-order valence-electron chi connectivity index (χ3n) is 2.62. The molecule has 4 nitrogen and oxygen atoms in total. The number of benzene rings is 1. The smallest absolute Gasteiger partial charge is 0.242 e. The molecule has 0 saturated heterocycles. The summed E-state index contributed by atoms with van der Waals surface area (Å²) in [5.41, 5.74) is 0.0358. The Morgan fingerprint density at radius 1 is 1.29 bits per heavy atom. The van der Waals surface area contributed by atoms with Crippen LogP contribution in [0.1, 0.15) is 10.4 Å². The molecule has 21 heavy (non-hydrogen) atoms. The molecule has 0 amide bonds. The van der Waals surface area contributed by atoms with Crippen molar-refractivity contribution in [3.63, 3.8) is 0 Å². The van der Waals surface area contributed by atoms with Crippen molar-refractivity contribution in [1.29, 1.82) is 0 Å². The molecule has 2 rings (SSSR count). The van der Waals surface area contributed by atoms with Gasteiger partial charge in [-0.25, -0.2) is 21.9 Å². The van der Waals surface area contributed by atoms with Crippen molar-refractivity contribution in [1.82, 2.24) is 4.72 Å². The third kappa shape index (κ3) is 3.86. The Bertz CT molecular complexity index is 762. The molecule has 2 N–H and O–H groups in total. The van der Waals surface area contributed by atoms with Crippen molar-refractivity contribution in [2.45, 2.75) is 18.0 Å². The van der Waals surface area contributed by atoms with Gasteiger partial charge in [0.2, 0.25) is 10.0 Å². The molecule has 1 heterocycles. The van der Waals surface area contributed by atoms with Crippen molar-refractivity contribution >= 4 is 37.3 Å². The number of hydrogen-bond acceptors (Lipinski definition) is 4. The predicted molar refractivity (Wildman–Crippen MR) is 78.3 cm³/mol. The van der Waals surface area contributed by atoms with Crippen LogP contribution in [0, 0.1) is 11.6 Å². The van der Waals surface area contributed by atoms with E-state index >= 15 is 0 Å². The third-order valence-corrected chi connectivity index (χ3v) is 6.26. The van der Waals surface area contributed by atoms with Gasteiger partial charge in [-0.05, 0) is 28.1 Å². The summed E-state index contributed by atoms with van der Waals surface area (Å²) in [5.74, 6) is -1.55. The Labute approximate surface area is 132 Å². The van der Waals surface area contributed by atoms with Crippen LogP contribution < -0.4 is 4.72 Å². The van der Waals surface area contributed by atoms with Gasteiger partial charge in [0.15, 0.2) is 0 Å². The maximum Gasteiger partial charge on any atom is 0.242 e. The second-order valence-corrected chi connectivity index (χ2v) is 8.26. The molecule has 0 spiro atoms. The van der Waals surface area contributed by atoms with E-state index in [9.17, 15) is 17.2 Å². The van der Waals surface area contributed by atoms with Gasteiger partial charge in [0.25, 0.3) is 0 Å². The zero-order valence-electron chi connectivity index (χ0n) is 10.4. The van der Waals surface area contributed by atoms with Crippen LogP contribution in [0.2, 0.25) is 0 Å². The molecule has 0 radical (unpaired) electrons. The fourth-order valence-corrected chi connectivity index (χ4v) is 5.12. The number of thiophene rings is 1. The normalized spacial score (nSPS) is 11.8. The number of aliphatic hydroxyl groups is 1. The summed E-state index contributed by atoms with van der Waals surface area (Å²) < 4.78 is 53.0. The van der Waals surface area contributed by atoms with Gasteiger partial charge in [0, 0.05) is 23.1 Å². The standard InChI is InChI=1S/C12H10BrF2NO3S2/c13-12-11(4-9(6-17)20-12)21(18,19)16-5-7-1-2-8(14)3-10(7)15/h1-4,16-17H,5-6H2. The largest absolute Gasteiger partial charge is 0.391 e. The first-order chi connectivity index (χ1) is 9.83. The van der Waals surface area contributed by atoms with Crippen LogP contribution in [-0.2, 0) is 23.2 Å². The molecule has 2 aromatic rings. The highest BCUT2D eigenvalue weighted by atomic mass is 79.9. The lowest BCUT2D eigenvalue weighted by molar-refractivity contribution is 0.285. The van der Waals surface area contributed by atoms with E-state index in [2.05, 4.69) is 20.7 Å². The minimum atomic E-state index is -3.86. The minimum absolute atomic E-state index is 0.0286. The number of aliphatic hydroxyl groups excluding tert-OH is 1. The second-order valence-electron chi connectivity index (χ2n) is 4.07. The summed E-state index contributed by atoms with van der Waals surface area (Å²) in [4.78, 5) is 0.453. The summed E-state index contributed by atoms with van der Waals surface area (Å²) in [7, 11) is -3.86. The van der Waals surface area contributed by atoms with Crippen LogP contribution in [0.15, 0.2) is 32.9 Å². The average Bonchev–Trinajstić information content (AvgIpc) is 2.80. The van der Waals surface area contributed by atoms with Gasteiger partial charge >= 0.3 is 0 Å². The fourth-order valence-electron chi connectivity index (χ4n) is 1.57. The number of sulfonamides is 1. The van der Waals surface area contributed by atoms with E-state index in [4.69, 9.17) is 5.11 Å². The molecule has 0 bridgehead atoms. The van der Waals surface area contributed by atoms with E-state index in [0.29, 0.717) is 14.7 Å². The molecule has 0 atom stereocenters. The van der Waals surface area contributed by atoms with Crippen molar-refractivity contribution in [3.05, 3.63) is 50.1 Å². The first kappa shape index (κ1) is 16.5. The van der Waals surface area contributed by atoms with Gasteiger partial charge in [0.05, 0.1) is 10.4 Å². The molecular formula is C12H10BrF2NO3S2. The Balaban J connectivity index is 2.19. The zero-order valence-corrected chi connectivity index (χ0v) is 13.7. The SMILES string of the molecule is O=S(=O)(NCc1ccc(F)cc1F)c1cc(CO)sc1Br. The van der Waals surface area contributed by atoms with Gasteiger partial charge in [-0.15, -0.1) is 11.3 Å². The van der Waals surface area contributed by atoms with E-state index < -0.39 is 21.7 Å². The zero-order chi connectivity index (χ0) is 15.6. The summed E-state index contributed by atoms with van der Waals surface area (Å²) in [6, 6.07) is 4.25. The maximum atomic E-state index is 13.5. The van der Waals surface area contributed by atoms with Crippen LogP contribution in [0.5, 0.6) is 0 Å². The maximum absolute atomic E-state index is 13.5. The van der Waals surface area contributed by atoms with E-state index in [1.807, 2.05) is 0 Å². The number of nitrogens with one attached hydrogen (secondary N) is 1. The molecule has 0 aliphatic carbocycles. The molecule has 0 fully saturated rings. The summed E-state index contributed by atoms with van der Waals surface area (Å²) in [5, 5.41) is 9.00. The van der Waals surface area contributed by atoms with Crippen LogP contribution in [-0.4, -0.2) is 13.5 Å². The highest BCUT2D eigenvalue weighted by Gasteiger charge is 2.21. The highest BCUT2D eigenvalue weighted by Crippen LogP contribution is 2.31. The molecule has 114 valence electrons. The highest BCUT2D eigenvalue weighted by molar-refractivity contribution is 9.11. The molecule has 1 aromatic carbocycles. The predicted octanol–water partition coefficient (Wildman–Crippen LogP) is 2.76. The lowest BCUT2D eigenvalue weighted by Gasteiger charge is -2.07. The molecular weight excluding hydrogens is 388 g/mol. The first-order valence-corrected chi connectivity index (χ1v) is 8.75. The van der Waals surface area contributed by atoms with E-state index in [1.165, 1.54) is 12.1 Å². The number of rotatable bonds is 5. The lowest BCUT2D eigenvalue weighted by atomic mass is 10.2. The van der Waals surface area contributed by atoms with E-state index in [-0.39, 0.29) is 23.6 Å². The van der Waals surface area contributed by atoms with Gasteiger partial charge in [-0.3, -0.25) is 0 Å². The topological polar surface area (TPSA) is 66.4 Å². The fraction of sp³-hybridized carbons (Fsp3) is 0.167. The lowest BCUT2D eigenvalue weighted by Crippen LogP contribution is -2.23. The van der Waals surface area contributed by atoms with Crippen molar-refractivity contribution < 1.29 is 22.3 Å². The number of hydrogen-bond donors (Lipinski definition) is 2. The summed E-state index contributed by atoms with van der Waals surface area (Å²) in [6.45, 7) is -0.573. The number of halogens is 3. The first-order valence-electron chi connectivity index (χ1n) is 5.66. The van der Waals surface area contributed by atoms with Crippen molar-refractivity contribution in [2.75, 3.05) is 0 Å². The molecule has 9 heteroatoms. The minimum Gasteiger partial charge on any atom is -0.391 e. The van der Waals surface area contributed by atoms with Crippen molar-refractivity contribution in [3.8, 4) is 0 Å². The van der Waals surface area contributed by atoms with Crippen LogP contribution in [0.3, 0.4) is 0 Å². The van der Waals surface area contributed by atoms with E-state index in [1.54, 1.807) is 0 Å². The molecule has 0 saturated carbocycles. The second kappa shape index (κ2) is 6.49. The van der Waals surface area contributed by atoms with Gasteiger partial charge in [-0.1, -0.05) is 6.07 Å². The Kier molecular flexibility index (Phi) is 5.10. The Morgan fingerprint density at radius 2 is 2.00 bits per heavy atom. The Hall–Kier alpha value is -0.870. The molecule has 1 aromatic heterocycles. The Morgan fingerprint density at radius 3 is 2.57 bits per heavy atom. The molecule has 0 unspecified atom stereocenters. The van der Waals surface area contributed by atoms with E-state index in [0.717, 1.165) is 17.4 Å². The van der Waals surface area contributed by atoms with Crippen LogP contribution in [0.25, 0.3) is 0 Å². The summed E-state index contributed by atoms with van der Waals surface area (Å²) in [6.07, 6.45) is 0. The van der Waals surface area contributed by atoms with Crippen molar-refractivity contribution in [2.24, 2.45) is 0 Å². The summed E-state index contributed by atoms with van der Waals surface area (Å²) >= 11 is 4.20.